The van der Waals surface area contributed by atoms with Gasteiger partial charge < -0.3 is 5.73 Å². The van der Waals surface area contributed by atoms with Crippen LogP contribution in [-0.4, -0.2) is 10.7 Å². The van der Waals surface area contributed by atoms with Crippen molar-refractivity contribution in [3.63, 3.8) is 0 Å². The minimum absolute atomic E-state index is 0.0339. The Morgan fingerprint density at radius 1 is 1.10 bits per heavy atom. The minimum Gasteiger partial charge on any atom is -0.323 e. The molecule has 0 fully saturated rings. The van der Waals surface area contributed by atoms with Gasteiger partial charge in [0.05, 0.1) is 5.03 Å². The van der Waals surface area contributed by atoms with Crippen LogP contribution in [0.25, 0.3) is 0 Å². The van der Waals surface area contributed by atoms with Gasteiger partial charge in [-0.1, -0.05) is 38.1 Å². The Balaban J connectivity index is 1.94. The number of halogens is 1. The van der Waals surface area contributed by atoms with Gasteiger partial charge in [0.1, 0.15) is 0 Å². The van der Waals surface area contributed by atoms with Crippen LogP contribution in [0.4, 0.5) is 0 Å². The van der Waals surface area contributed by atoms with E-state index in [9.17, 15) is 0 Å². The first-order valence-electron chi connectivity index (χ1n) is 6.66. The molecule has 0 aliphatic heterocycles. The molecule has 20 heavy (non-hydrogen) atoms. The number of rotatable bonds is 5. The molecule has 2 rings (SSSR count). The summed E-state index contributed by atoms with van der Waals surface area (Å²) in [6, 6.07) is 12.6. The number of thioether (sulfide) groups is 1. The Morgan fingerprint density at radius 3 is 2.30 bits per heavy atom. The van der Waals surface area contributed by atoms with Crippen molar-refractivity contribution in [3.05, 3.63) is 58.2 Å². The molecule has 0 aliphatic rings. The number of nitrogens with zero attached hydrogens (tertiary/aromatic N) is 1. The highest BCUT2D eigenvalue weighted by Crippen LogP contribution is 2.24. The second-order valence-electron chi connectivity index (χ2n) is 5.05. The second kappa shape index (κ2) is 7.25. The third-order valence-electron chi connectivity index (χ3n) is 3.14. The zero-order valence-electron chi connectivity index (χ0n) is 11.7. The molecular weight excluding hydrogens is 332 g/mol. The highest BCUT2D eigenvalue weighted by Gasteiger charge is 2.08. The van der Waals surface area contributed by atoms with E-state index in [2.05, 4.69) is 59.0 Å². The van der Waals surface area contributed by atoms with Crippen LogP contribution >= 0.6 is 27.7 Å². The lowest BCUT2D eigenvalue weighted by Gasteiger charge is -2.13. The normalized spacial score (nSPS) is 12.7. The third-order valence-corrected chi connectivity index (χ3v) is 4.67. The average molecular weight is 351 g/mol. The Hall–Kier alpha value is -0.840. The molecule has 1 aromatic heterocycles. The van der Waals surface area contributed by atoms with Gasteiger partial charge in [0, 0.05) is 22.5 Å². The van der Waals surface area contributed by atoms with E-state index in [0.29, 0.717) is 5.92 Å². The molecule has 106 valence electrons. The molecule has 0 saturated heterocycles. The number of hydrogen-bond acceptors (Lipinski definition) is 3. The minimum atomic E-state index is 0.0339. The van der Waals surface area contributed by atoms with Crippen molar-refractivity contribution < 1.29 is 0 Å². The lowest BCUT2D eigenvalue weighted by atomic mass is 10.00. The van der Waals surface area contributed by atoms with Gasteiger partial charge in [-0.25, -0.2) is 4.98 Å². The number of pyridine rings is 1. The maximum Gasteiger partial charge on any atom is 0.0961 e. The van der Waals surface area contributed by atoms with Crippen LogP contribution in [0, 0.1) is 0 Å². The number of hydrogen-bond donors (Lipinski definition) is 1. The first kappa shape index (κ1) is 15.5. The summed E-state index contributed by atoms with van der Waals surface area (Å²) < 4.78 is 0.996. The van der Waals surface area contributed by atoms with E-state index in [1.165, 1.54) is 11.1 Å². The standard InChI is InChI=1S/C16H19BrN2S/c1-11(2)12-3-5-13(6-4-12)15(18)10-20-16-8-7-14(17)9-19-16/h3-9,11,15H,10,18H2,1-2H3. The molecule has 1 atom stereocenters. The van der Waals surface area contributed by atoms with Crippen molar-refractivity contribution in [2.45, 2.75) is 30.8 Å². The Bertz CT molecular complexity index is 537. The highest BCUT2D eigenvalue weighted by atomic mass is 79.9. The van der Waals surface area contributed by atoms with Gasteiger partial charge in [-0.05, 0) is 45.1 Å². The van der Waals surface area contributed by atoms with E-state index in [1.54, 1.807) is 11.8 Å². The molecular formula is C16H19BrN2S. The van der Waals surface area contributed by atoms with E-state index in [-0.39, 0.29) is 6.04 Å². The van der Waals surface area contributed by atoms with E-state index < -0.39 is 0 Å². The van der Waals surface area contributed by atoms with E-state index >= 15 is 0 Å². The Morgan fingerprint density at radius 2 is 1.75 bits per heavy atom. The molecule has 2 nitrogen and oxygen atoms in total. The molecule has 0 aliphatic carbocycles. The fourth-order valence-electron chi connectivity index (χ4n) is 1.85. The van der Waals surface area contributed by atoms with Gasteiger partial charge in [0.2, 0.25) is 0 Å². The molecule has 0 saturated carbocycles. The summed E-state index contributed by atoms with van der Waals surface area (Å²) in [7, 11) is 0. The van der Waals surface area contributed by atoms with Crippen LogP contribution in [0.2, 0.25) is 0 Å². The molecule has 0 bridgehead atoms. The molecule has 2 N–H and O–H groups in total. The van der Waals surface area contributed by atoms with Crippen LogP contribution in [0.3, 0.4) is 0 Å². The maximum absolute atomic E-state index is 6.24. The number of nitrogens with two attached hydrogens (primary N) is 1. The van der Waals surface area contributed by atoms with Crippen molar-refractivity contribution >= 4 is 27.7 Å². The Kier molecular flexibility index (Phi) is 5.64. The molecule has 2 aromatic rings. The smallest absolute Gasteiger partial charge is 0.0961 e. The molecule has 4 heteroatoms. The summed E-state index contributed by atoms with van der Waals surface area (Å²) in [5, 5.41) is 1.00. The lowest BCUT2D eigenvalue weighted by molar-refractivity contribution is 0.821. The van der Waals surface area contributed by atoms with Gasteiger partial charge in [-0.2, -0.15) is 0 Å². The van der Waals surface area contributed by atoms with Crippen molar-refractivity contribution in [1.29, 1.82) is 0 Å². The monoisotopic (exact) mass is 350 g/mol. The zero-order chi connectivity index (χ0) is 14.5. The van der Waals surface area contributed by atoms with Crippen molar-refractivity contribution in [3.8, 4) is 0 Å². The predicted molar refractivity (Wildman–Crippen MR) is 90.1 cm³/mol. The lowest BCUT2D eigenvalue weighted by Crippen LogP contribution is -2.13. The summed E-state index contributed by atoms with van der Waals surface area (Å²) in [6.07, 6.45) is 1.81. The van der Waals surface area contributed by atoms with E-state index in [1.807, 2.05) is 18.3 Å². The number of aromatic nitrogens is 1. The third kappa shape index (κ3) is 4.33. The van der Waals surface area contributed by atoms with Gasteiger partial charge in [0.15, 0.2) is 0 Å². The summed E-state index contributed by atoms with van der Waals surface area (Å²) >= 11 is 5.07. The quantitative estimate of drug-likeness (QED) is 0.790. The summed E-state index contributed by atoms with van der Waals surface area (Å²) in [5.41, 5.74) is 8.77. The first-order valence-corrected chi connectivity index (χ1v) is 8.44. The van der Waals surface area contributed by atoms with Gasteiger partial charge in [0.25, 0.3) is 0 Å². The van der Waals surface area contributed by atoms with Crippen molar-refractivity contribution in [2.24, 2.45) is 5.73 Å². The fraction of sp³-hybridized carbons (Fsp3) is 0.312. The summed E-state index contributed by atoms with van der Waals surface area (Å²) in [4.78, 5) is 4.34. The molecule has 1 aromatic carbocycles. The molecule has 0 radical (unpaired) electrons. The van der Waals surface area contributed by atoms with Gasteiger partial charge in [-0.15, -0.1) is 11.8 Å². The van der Waals surface area contributed by atoms with Crippen LogP contribution in [0.5, 0.6) is 0 Å². The average Bonchev–Trinajstić information content (AvgIpc) is 2.46. The number of benzene rings is 1. The predicted octanol–water partition coefficient (Wildman–Crippen LogP) is 4.76. The fourth-order valence-corrected chi connectivity index (χ4v) is 2.92. The largest absolute Gasteiger partial charge is 0.323 e. The van der Waals surface area contributed by atoms with Crippen LogP contribution in [-0.2, 0) is 0 Å². The molecule has 1 heterocycles. The van der Waals surface area contributed by atoms with Gasteiger partial charge in [-0.3, -0.25) is 0 Å². The molecule has 1 unspecified atom stereocenters. The molecule has 0 spiro atoms. The highest BCUT2D eigenvalue weighted by molar-refractivity contribution is 9.10. The summed E-state index contributed by atoms with van der Waals surface area (Å²) in [5.74, 6) is 1.39. The van der Waals surface area contributed by atoms with Crippen LogP contribution in [0.1, 0.15) is 36.9 Å². The maximum atomic E-state index is 6.24. The molecule has 0 amide bonds. The summed E-state index contributed by atoms with van der Waals surface area (Å²) in [6.45, 7) is 4.40. The first-order chi connectivity index (χ1) is 9.56. The van der Waals surface area contributed by atoms with E-state index in [0.717, 1.165) is 15.3 Å². The second-order valence-corrected chi connectivity index (χ2v) is 7.01. The van der Waals surface area contributed by atoms with Crippen molar-refractivity contribution in [1.82, 2.24) is 4.98 Å². The van der Waals surface area contributed by atoms with E-state index in [4.69, 9.17) is 5.73 Å². The van der Waals surface area contributed by atoms with Crippen molar-refractivity contribution in [2.75, 3.05) is 5.75 Å². The van der Waals surface area contributed by atoms with Crippen LogP contribution in [0.15, 0.2) is 52.1 Å². The topological polar surface area (TPSA) is 38.9 Å². The van der Waals surface area contributed by atoms with Gasteiger partial charge >= 0.3 is 0 Å². The SMILES string of the molecule is CC(C)c1ccc(C(N)CSc2ccc(Br)cn2)cc1. The van der Waals surface area contributed by atoms with Crippen LogP contribution < -0.4 is 5.73 Å². The zero-order valence-corrected chi connectivity index (χ0v) is 14.1. The Labute approximate surface area is 133 Å².